The van der Waals surface area contributed by atoms with Gasteiger partial charge in [0.15, 0.2) is 5.78 Å². The van der Waals surface area contributed by atoms with Crippen LogP contribution >= 0.6 is 0 Å². The maximum Gasteiger partial charge on any atom is 0.311 e. The van der Waals surface area contributed by atoms with Gasteiger partial charge in [0.05, 0.1) is 6.54 Å². The lowest BCUT2D eigenvalue weighted by Crippen LogP contribution is -2.29. The van der Waals surface area contributed by atoms with Crippen LogP contribution in [0.5, 0.6) is 5.75 Å². The van der Waals surface area contributed by atoms with E-state index in [1.165, 1.54) is 43.2 Å². The van der Waals surface area contributed by atoms with Gasteiger partial charge >= 0.3 is 5.97 Å². The molecule has 0 atom stereocenters. The van der Waals surface area contributed by atoms with Crippen molar-refractivity contribution in [3.63, 3.8) is 0 Å². The average molecular weight is 486 g/mol. The van der Waals surface area contributed by atoms with E-state index in [0.717, 1.165) is 12.8 Å². The Balaban J connectivity index is 1.50. The fourth-order valence-corrected chi connectivity index (χ4v) is 4.26. The van der Waals surface area contributed by atoms with Crippen LogP contribution in [0.1, 0.15) is 79.8 Å². The molecule has 0 bridgehead atoms. The average Bonchev–Trinajstić information content (AvgIpc) is 2.89. The summed E-state index contributed by atoms with van der Waals surface area (Å²) in [6.45, 7) is 3.90. The zero-order valence-corrected chi connectivity index (χ0v) is 21.5. The highest BCUT2D eigenvalue weighted by molar-refractivity contribution is 5.97. The fraction of sp³-hybridized carbons (Fsp3) is 0.375. The summed E-state index contributed by atoms with van der Waals surface area (Å²) >= 11 is 0. The number of ether oxygens (including phenoxy) is 1. The first-order valence-corrected chi connectivity index (χ1v) is 13.3. The minimum atomic E-state index is -0.209. The molecule has 0 amide bonds. The van der Waals surface area contributed by atoms with Crippen molar-refractivity contribution in [2.24, 2.45) is 0 Å². The van der Waals surface area contributed by atoms with Crippen LogP contribution in [0, 0.1) is 0 Å². The molecule has 4 heteroatoms. The molecular weight excluding hydrogens is 446 g/mol. The van der Waals surface area contributed by atoms with Gasteiger partial charge in [-0.25, -0.2) is 0 Å². The van der Waals surface area contributed by atoms with Crippen molar-refractivity contribution in [2.75, 3.05) is 6.54 Å². The van der Waals surface area contributed by atoms with E-state index in [4.69, 9.17) is 4.74 Å². The van der Waals surface area contributed by atoms with Gasteiger partial charge in [-0.2, -0.15) is 0 Å². The van der Waals surface area contributed by atoms with Crippen LogP contribution in [0.25, 0.3) is 0 Å². The predicted molar refractivity (Wildman–Crippen MR) is 146 cm³/mol. The molecule has 0 aliphatic rings. The van der Waals surface area contributed by atoms with Crippen LogP contribution in [0.2, 0.25) is 0 Å². The molecule has 3 aromatic carbocycles. The third-order valence-corrected chi connectivity index (χ3v) is 6.26. The second-order valence-corrected chi connectivity index (χ2v) is 9.41. The molecule has 190 valence electrons. The minimum Gasteiger partial charge on any atom is -0.427 e. The van der Waals surface area contributed by atoms with E-state index in [-0.39, 0.29) is 11.8 Å². The predicted octanol–water partition coefficient (Wildman–Crippen LogP) is 7.62. The molecule has 4 nitrogen and oxygen atoms in total. The van der Waals surface area contributed by atoms with E-state index in [0.29, 0.717) is 37.4 Å². The smallest absolute Gasteiger partial charge is 0.311 e. The Morgan fingerprint density at radius 3 is 1.75 bits per heavy atom. The molecule has 0 heterocycles. The highest BCUT2D eigenvalue weighted by Crippen LogP contribution is 2.17. The van der Waals surface area contributed by atoms with Crippen molar-refractivity contribution in [1.82, 2.24) is 4.90 Å². The molecule has 0 unspecified atom stereocenters. The molecule has 3 rings (SSSR count). The number of benzene rings is 3. The number of ketones is 1. The van der Waals surface area contributed by atoms with E-state index >= 15 is 0 Å². The first-order valence-electron chi connectivity index (χ1n) is 13.3. The summed E-state index contributed by atoms with van der Waals surface area (Å²) in [5.74, 6) is 0.326. The molecule has 0 saturated heterocycles. The first-order chi connectivity index (χ1) is 17.6. The number of nitrogens with zero attached hydrogens (tertiary/aromatic N) is 1. The summed E-state index contributed by atoms with van der Waals surface area (Å²) in [6.07, 6.45) is 8.59. The van der Waals surface area contributed by atoms with E-state index in [2.05, 4.69) is 36.1 Å². The number of hydrogen-bond donors (Lipinski definition) is 0. The molecule has 0 radical (unpaired) electrons. The summed E-state index contributed by atoms with van der Waals surface area (Å²) in [5, 5.41) is 0. The zero-order chi connectivity index (χ0) is 25.4. The largest absolute Gasteiger partial charge is 0.427 e. The lowest BCUT2D eigenvalue weighted by molar-refractivity contribution is -0.134. The first kappa shape index (κ1) is 27.3. The van der Waals surface area contributed by atoms with Crippen LogP contribution < -0.4 is 4.74 Å². The number of hydrogen-bond acceptors (Lipinski definition) is 4. The Hall–Kier alpha value is -3.24. The summed E-state index contributed by atoms with van der Waals surface area (Å²) in [7, 11) is 0. The van der Waals surface area contributed by atoms with E-state index in [9.17, 15) is 9.59 Å². The summed E-state index contributed by atoms with van der Waals surface area (Å²) < 4.78 is 5.47. The van der Waals surface area contributed by atoms with Crippen LogP contribution in [-0.2, 0) is 17.9 Å². The van der Waals surface area contributed by atoms with Gasteiger partial charge in [-0.05, 0) is 41.8 Å². The van der Waals surface area contributed by atoms with Crippen LogP contribution in [0.15, 0.2) is 84.9 Å². The van der Waals surface area contributed by atoms with Crippen LogP contribution in [0.3, 0.4) is 0 Å². The van der Waals surface area contributed by atoms with Gasteiger partial charge in [0.1, 0.15) is 5.75 Å². The van der Waals surface area contributed by atoms with Crippen molar-refractivity contribution in [2.45, 2.75) is 71.4 Å². The molecule has 0 aliphatic heterocycles. The molecular formula is C32H39NO3. The van der Waals surface area contributed by atoms with Crippen molar-refractivity contribution in [3.05, 3.63) is 102 Å². The maximum absolute atomic E-state index is 13.1. The molecule has 0 spiro atoms. The Kier molecular flexibility index (Phi) is 11.9. The normalized spacial score (nSPS) is 10.9. The van der Waals surface area contributed by atoms with Gasteiger partial charge in [0.2, 0.25) is 0 Å². The number of rotatable bonds is 16. The van der Waals surface area contributed by atoms with Crippen molar-refractivity contribution < 1.29 is 14.3 Å². The fourth-order valence-electron chi connectivity index (χ4n) is 4.26. The number of Topliss-reactive ketones (excluding diaryl/α,β-unsaturated/α-hetero) is 1. The topological polar surface area (TPSA) is 46.6 Å². The summed E-state index contributed by atoms with van der Waals surface area (Å²) in [4.78, 5) is 27.4. The summed E-state index contributed by atoms with van der Waals surface area (Å²) in [6, 6.07) is 27.3. The number of carbonyl (C=O) groups excluding carboxylic acids is 2. The van der Waals surface area contributed by atoms with E-state index in [1.807, 2.05) is 36.4 Å². The Morgan fingerprint density at radius 1 is 0.667 bits per heavy atom. The number of unbranched alkanes of at least 4 members (excludes halogenated alkanes) is 6. The van der Waals surface area contributed by atoms with Gasteiger partial charge < -0.3 is 4.74 Å². The lowest BCUT2D eigenvalue weighted by Gasteiger charge is -2.22. The number of esters is 1. The molecule has 0 aliphatic carbocycles. The third-order valence-electron chi connectivity index (χ3n) is 6.26. The maximum atomic E-state index is 13.1. The van der Waals surface area contributed by atoms with Crippen molar-refractivity contribution >= 4 is 11.8 Å². The van der Waals surface area contributed by atoms with Crippen LogP contribution in [-0.4, -0.2) is 23.2 Å². The van der Waals surface area contributed by atoms with E-state index < -0.39 is 0 Å². The van der Waals surface area contributed by atoms with Gasteiger partial charge in [0, 0.05) is 25.1 Å². The standard InChI is InChI=1S/C32H39NO3/c1-2-3-4-5-6-7-14-19-32(35)36-30-22-20-29(21-23-30)31(34)26-33(24-27-15-10-8-11-16-27)25-28-17-12-9-13-18-28/h8-13,15-18,20-23H,2-7,14,19,24-26H2,1H3. The SMILES string of the molecule is CCCCCCCCCC(=O)Oc1ccc(C(=O)CN(Cc2ccccc2)Cc2ccccc2)cc1. The van der Waals surface area contributed by atoms with E-state index in [1.54, 1.807) is 24.3 Å². The quantitative estimate of drug-likeness (QED) is 0.0906. The molecule has 0 N–H and O–H groups in total. The Labute approximate surface area is 216 Å². The van der Waals surface area contributed by atoms with Gasteiger partial charge in [-0.3, -0.25) is 14.5 Å². The third kappa shape index (κ3) is 10.2. The summed E-state index contributed by atoms with van der Waals surface area (Å²) in [5.41, 5.74) is 2.96. The monoisotopic (exact) mass is 485 g/mol. The van der Waals surface area contributed by atoms with Gasteiger partial charge in [-0.1, -0.05) is 106 Å². The van der Waals surface area contributed by atoms with Crippen LogP contribution in [0.4, 0.5) is 0 Å². The molecule has 3 aromatic rings. The molecule has 36 heavy (non-hydrogen) atoms. The van der Waals surface area contributed by atoms with Gasteiger partial charge in [0.25, 0.3) is 0 Å². The lowest BCUT2D eigenvalue weighted by atomic mass is 10.1. The Bertz CT molecular complexity index is 991. The van der Waals surface area contributed by atoms with Crippen molar-refractivity contribution in [1.29, 1.82) is 0 Å². The zero-order valence-electron chi connectivity index (χ0n) is 21.5. The highest BCUT2D eigenvalue weighted by Gasteiger charge is 2.15. The second-order valence-electron chi connectivity index (χ2n) is 9.41. The number of carbonyl (C=O) groups is 2. The second kappa shape index (κ2) is 15.7. The molecule has 0 fully saturated rings. The highest BCUT2D eigenvalue weighted by atomic mass is 16.5. The molecule has 0 aromatic heterocycles. The minimum absolute atomic E-state index is 0.0443. The molecule has 0 saturated carbocycles. The Morgan fingerprint density at radius 2 is 1.19 bits per heavy atom. The van der Waals surface area contributed by atoms with Gasteiger partial charge in [-0.15, -0.1) is 0 Å². The van der Waals surface area contributed by atoms with Crippen molar-refractivity contribution in [3.8, 4) is 5.75 Å².